The third kappa shape index (κ3) is 1.82. The van der Waals surface area contributed by atoms with Crippen LogP contribution in [0.2, 0.25) is 0 Å². The summed E-state index contributed by atoms with van der Waals surface area (Å²) in [5.41, 5.74) is 1.44. The summed E-state index contributed by atoms with van der Waals surface area (Å²) >= 11 is 0. The number of likely N-dealkylation sites (N-methyl/N-ethyl adjacent to an activating group) is 1. The average Bonchev–Trinajstić information content (AvgIpc) is 2.81. The largest absolute Gasteiger partial charge is 0.353 e. The van der Waals surface area contributed by atoms with E-state index in [0.717, 1.165) is 49.6 Å². The van der Waals surface area contributed by atoms with E-state index >= 15 is 0 Å². The molecule has 0 atom stereocenters. The molecule has 3 heterocycles. The molecule has 6 nitrogen and oxygen atoms in total. The van der Waals surface area contributed by atoms with E-state index in [4.69, 9.17) is 4.52 Å². The minimum atomic E-state index is 0.579. The van der Waals surface area contributed by atoms with Crippen LogP contribution in [-0.4, -0.2) is 52.7 Å². The molecule has 0 bridgehead atoms. The third-order valence-electron chi connectivity index (χ3n) is 3.54. The highest BCUT2D eigenvalue weighted by molar-refractivity contribution is 5.87. The van der Waals surface area contributed by atoms with Crippen molar-refractivity contribution in [2.24, 2.45) is 0 Å². The smallest absolute Gasteiger partial charge is 0.263 e. The van der Waals surface area contributed by atoms with Crippen molar-refractivity contribution in [1.82, 2.24) is 20.0 Å². The van der Waals surface area contributed by atoms with E-state index < -0.39 is 0 Å². The molecule has 96 valence electrons. The second kappa shape index (κ2) is 4.53. The first-order valence-corrected chi connectivity index (χ1v) is 6.34. The summed E-state index contributed by atoms with van der Waals surface area (Å²) in [5, 5.41) is 4.91. The number of anilines is 1. The lowest BCUT2D eigenvalue weighted by molar-refractivity contribution is 0.270. The van der Waals surface area contributed by atoms with Gasteiger partial charge in [-0.25, -0.2) is 4.98 Å². The molecule has 0 radical (unpaired) electrons. The first-order valence-electron chi connectivity index (χ1n) is 6.34. The molecule has 1 fully saturated rings. The predicted octanol–water partition coefficient (Wildman–Crippen LogP) is 1.07. The van der Waals surface area contributed by atoms with E-state index in [0.29, 0.717) is 5.71 Å². The predicted molar refractivity (Wildman–Crippen MR) is 68.7 cm³/mol. The quantitative estimate of drug-likeness (QED) is 0.791. The molecule has 0 saturated carbocycles. The molecule has 1 aliphatic rings. The van der Waals surface area contributed by atoms with Gasteiger partial charge in [0.1, 0.15) is 17.5 Å². The molecular weight excluding hydrogens is 230 g/mol. The maximum Gasteiger partial charge on any atom is 0.263 e. The Hall–Kier alpha value is -1.69. The fourth-order valence-electron chi connectivity index (χ4n) is 2.42. The van der Waals surface area contributed by atoms with E-state index in [1.807, 2.05) is 6.92 Å². The van der Waals surface area contributed by atoms with Crippen LogP contribution in [0.25, 0.3) is 11.1 Å². The Labute approximate surface area is 106 Å². The Balaban J connectivity index is 1.93. The zero-order valence-electron chi connectivity index (χ0n) is 10.8. The minimum absolute atomic E-state index is 0.579. The zero-order chi connectivity index (χ0) is 12.5. The van der Waals surface area contributed by atoms with Gasteiger partial charge in [0.2, 0.25) is 0 Å². The van der Waals surface area contributed by atoms with Crippen molar-refractivity contribution in [2.45, 2.75) is 13.8 Å². The number of hydrogen-bond donors (Lipinski definition) is 0. The molecule has 0 aliphatic carbocycles. The van der Waals surface area contributed by atoms with Crippen LogP contribution in [0.1, 0.15) is 12.6 Å². The number of aryl methyl sites for hydroxylation is 1. The Morgan fingerprint density at radius 1 is 1.22 bits per heavy atom. The molecule has 0 N–H and O–H groups in total. The third-order valence-corrected chi connectivity index (χ3v) is 3.54. The molecule has 0 amide bonds. The van der Waals surface area contributed by atoms with Gasteiger partial charge < -0.3 is 14.3 Å². The SMILES string of the molecule is CCN1CCN(c2ncnc3onc(C)c23)CC1. The molecule has 0 unspecified atom stereocenters. The topological polar surface area (TPSA) is 58.3 Å². The van der Waals surface area contributed by atoms with Gasteiger partial charge in [0.05, 0.1) is 5.69 Å². The Morgan fingerprint density at radius 2 is 2.00 bits per heavy atom. The maximum atomic E-state index is 5.18. The molecular formula is C12H17N5O. The number of fused-ring (bicyclic) bond motifs is 1. The van der Waals surface area contributed by atoms with E-state index in [2.05, 4.69) is 31.8 Å². The highest BCUT2D eigenvalue weighted by Crippen LogP contribution is 2.26. The van der Waals surface area contributed by atoms with Crippen LogP contribution in [0.15, 0.2) is 10.9 Å². The van der Waals surface area contributed by atoms with Crippen molar-refractivity contribution < 1.29 is 4.52 Å². The summed E-state index contributed by atoms with van der Waals surface area (Å²) < 4.78 is 5.18. The first kappa shape index (κ1) is 11.4. The number of piperazine rings is 1. The van der Waals surface area contributed by atoms with Crippen LogP contribution in [0.3, 0.4) is 0 Å². The van der Waals surface area contributed by atoms with Crippen molar-refractivity contribution >= 4 is 16.9 Å². The van der Waals surface area contributed by atoms with Gasteiger partial charge in [0.15, 0.2) is 0 Å². The fraction of sp³-hybridized carbons (Fsp3) is 0.583. The Kier molecular flexibility index (Phi) is 2.87. The second-order valence-electron chi connectivity index (χ2n) is 4.57. The Morgan fingerprint density at radius 3 is 2.72 bits per heavy atom. The van der Waals surface area contributed by atoms with Crippen molar-refractivity contribution in [3.05, 3.63) is 12.0 Å². The molecule has 1 aliphatic heterocycles. The average molecular weight is 247 g/mol. The summed E-state index contributed by atoms with van der Waals surface area (Å²) in [5.74, 6) is 0.953. The van der Waals surface area contributed by atoms with Crippen LogP contribution in [0.4, 0.5) is 5.82 Å². The lowest BCUT2D eigenvalue weighted by atomic mass is 10.2. The lowest BCUT2D eigenvalue weighted by Gasteiger charge is -2.34. The van der Waals surface area contributed by atoms with Crippen LogP contribution in [-0.2, 0) is 0 Å². The van der Waals surface area contributed by atoms with Gasteiger partial charge in [-0.05, 0) is 13.5 Å². The molecule has 0 spiro atoms. The van der Waals surface area contributed by atoms with Crippen molar-refractivity contribution in [3.8, 4) is 0 Å². The van der Waals surface area contributed by atoms with E-state index in [1.165, 1.54) is 0 Å². The number of aromatic nitrogens is 3. The molecule has 6 heteroatoms. The minimum Gasteiger partial charge on any atom is -0.353 e. The zero-order valence-corrected chi connectivity index (χ0v) is 10.8. The summed E-state index contributed by atoms with van der Waals surface area (Å²) in [6.07, 6.45) is 1.55. The van der Waals surface area contributed by atoms with E-state index in [-0.39, 0.29) is 0 Å². The van der Waals surface area contributed by atoms with Gasteiger partial charge in [-0.3, -0.25) is 0 Å². The second-order valence-corrected chi connectivity index (χ2v) is 4.57. The first-order chi connectivity index (χ1) is 8.79. The van der Waals surface area contributed by atoms with Crippen molar-refractivity contribution in [1.29, 1.82) is 0 Å². The maximum absolute atomic E-state index is 5.18. The molecule has 0 aromatic carbocycles. The molecule has 1 saturated heterocycles. The number of hydrogen-bond acceptors (Lipinski definition) is 6. The van der Waals surface area contributed by atoms with Crippen LogP contribution in [0.5, 0.6) is 0 Å². The van der Waals surface area contributed by atoms with Gasteiger partial charge in [-0.2, -0.15) is 4.98 Å². The van der Waals surface area contributed by atoms with Crippen molar-refractivity contribution in [2.75, 3.05) is 37.6 Å². The summed E-state index contributed by atoms with van der Waals surface area (Å²) in [6, 6.07) is 0. The summed E-state index contributed by atoms with van der Waals surface area (Å²) in [6.45, 7) is 9.37. The van der Waals surface area contributed by atoms with Crippen LogP contribution < -0.4 is 4.90 Å². The fourth-order valence-corrected chi connectivity index (χ4v) is 2.42. The van der Waals surface area contributed by atoms with Gasteiger partial charge in [0, 0.05) is 26.2 Å². The van der Waals surface area contributed by atoms with Gasteiger partial charge in [0.25, 0.3) is 5.71 Å². The molecule has 2 aromatic rings. The summed E-state index contributed by atoms with van der Waals surface area (Å²) in [4.78, 5) is 13.3. The lowest BCUT2D eigenvalue weighted by Crippen LogP contribution is -2.46. The highest BCUT2D eigenvalue weighted by atomic mass is 16.5. The molecule has 2 aromatic heterocycles. The van der Waals surface area contributed by atoms with E-state index in [9.17, 15) is 0 Å². The normalized spacial score (nSPS) is 17.6. The highest BCUT2D eigenvalue weighted by Gasteiger charge is 2.21. The standard InChI is InChI=1S/C12H17N5O/c1-3-16-4-6-17(7-5-16)11-10-9(2)15-18-12(10)14-8-13-11/h8H,3-7H2,1-2H3. The summed E-state index contributed by atoms with van der Waals surface area (Å²) in [7, 11) is 0. The number of rotatable bonds is 2. The molecule has 18 heavy (non-hydrogen) atoms. The number of nitrogens with zero attached hydrogens (tertiary/aromatic N) is 5. The molecule has 3 rings (SSSR count). The van der Waals surface area contributed by atoms with Gasteiger partial charge in [-0.15, -0.1) is 0 Å². The van der Waals surface area contributed by atoms with Crippen LogP contribution >= 0.6 is 0 Å². The van der Waals surface area contributed by atoms with Gasteiger partial charge in [-0.1, -0.05) is 12.1 Å². The monoisotopic (exact) mass is 247 g/mol. The van der Waals surface area contributed by atoms with Crippen LogP contribution in [0, 0.1) is 6.92 Å². The van der Waals surface area contributed by atoms with E-state index in [1.54, 1.807) is 6.33 Å². The van der Waals surface area contributed by atoms with Gasteiger partial charge >= 0.3 is 0 Å². The van der Waals surface area contributed by atoms with Crippen molar-refractivity contribution in [3.63, 3.8) is 0 Å². The Bertz CT molecular complexity index is 544.